The van der Waals surface area contributed by atoms with Crippen molar-refractivity contribution in [2.75, 3.05) is 26.7 Å². The third kappa shape index (κ3) is 7.23. The van der Waals surface area contributed by atoms with Gasteiger partial charge in [0.25, 0.3) is 0 Å². The first-order valence-electron chi connectivity index (χ1n) is 9.87. The van der Waals surface area contributed by atoms with Crippen molar-refractivity contribution in [2.24, 2.45) is 4.99 Å². The van der Waals surface area contributed by atoms with E-state index in [1.807, 2.05) is 30.3 Å². The molecule has 29 heavy (non-hydrogen) atoms. The Hall–Kier alpha value is -2.29. The van der Waals surface area contributed by atoms with Gasteiger partial charge in [-0.25, -0.2) is 4.98 Å². The number of para-hydroxylation sites is 2. The maximum absolute atomic E-state index is 5.20. The molecule has 0 amide bonds. The van der Waals surface area contributed by atoms with Crippen LogP contribution in [-0.4, -0.2) is 42.7 Å². The molecule has 0 aliphatic carbocycles. The number of nitrogens with zero attached hydrogens (tertiary/aromatic N) is 2. The van der Waals surface area contributed by atoms with Crippen molar-refractivity contribution >= 4 is 41.0 Å². The molecule has 3 aromatic rings. The number of rotatable bonds is 9. The summed E-state index contributed by atoms with van der Waals surface area (Å²) in [5.74, 6) is 2.77. The molecule has 3 N–H and O–H groups in total. The Morgan fingerprint density at radius 3 is 2.59 bits per heavy atom. The number of ether oxygens (including phenoxy) is 1. The van der Waals surface area contributed by atoms with Gasteiger partial charge in [-0.05, 0) is 49.6 Å². The van der Waals surface area contributed by atoms with Gasteiger partial charge in [0, 0.05) is 26.1 Å². The Bertz CT molecular complexity index is 859. The third-order valence-electron chi connectivity index (χ3n) is 4.49. The van der Waals surface area contributed by atoms with Crippen LogP contribution in [-0.2, 0) is 12.8 Å². The third-order valence-corrected chi connectivity index (χ3v) is 4.49. The summed E-state index contributed by atoms with van der Waals surface area (Å²) in [5.41, 5.74) is 3.39. The molecule has 0 unspecified atom stereocenters. The summed E-state index contributed by atoms with van der Waals surface area (Å²) >= 11 is 0. The van der Waals surface area contributed by atoms with Crippen LogP contribution in [0.4, 0.5) is 0 Å². The fourth-order valence-corrected chi connectivity index (χ4v) is 3.02. The van der Waals surface area contributed by atoms with Crippen LogP contribution in [0.2, 0.25) is 0 Å². The highest BCUT2D eigenvalue weighted by molar-refractivity contribution is 14.0. The first kappa shape index (κ1) is 23.0. The number of benzene rings is 2. The molecule has 156 valence electrons. The second-order valence-corrected chi connectivity index (χ2v) is 6.59. The molecule has 0 saturated heterocycles. The van der Waals surface area contributed by atoms with Crippen molar-refractivity contribution < 1.29 is 4.74 Å². The highest BCUT2D eigenvalue weighted by atomic mass is 127. The molecule has 6 nitrogen and oxygen atoms in total. The van der Waals surface area contributed by atoms with Gasteiger partial charge in [-0.3, -0.25) is 4.99 Å². The minimum Gasteiger partial charge on any atom is -0.497 e. The summed E-state index contributed by atoms with van der Waals surface area (Å²) in [4.78, 5) is 12.7. The van der Waals surface area contributed by atoms with E-state index >= 15 is 0 Å². The number of methoxy groups -OCH3 is 1. The van der Waals surface area contributed by atoms with Crippen molar-refractivity contribution in [3.63, 3.8) is 0 Å². The lowest BCUT2D eigenvalue weighted by atomic mass is 10.1. The lowest BCUT2D eigenvalue weighted by molar-refractivity contribution is 0.414. The molecule has 0 saturated carbocycles. The fourth-order valence-electron chi connectivity index (χ4n) is 3.02. The highest BCUT2D eigenvalue weighted by Gasteiger charge is 2.02. The van der Waals surface area contributed by atoms with Gasteiger partial charge < -0.3 is 20.4 Å². The summed E-state index contributed by atoms with van der Waals surface area (Å²) in [6, 6.07) is 16.3. The Morgan fingerprint density at radius 2 is 1.86 bits per heavy atom. The zero-order valence-corrected chi connectivity index (χ0v) is 19.4. The monoisotopic (exact) mass is 507 g/mol. The predicted octanol–water partition coefficient (Wildman–Crippen LogP) is 3.92. The van der Waals surface area contributed by atoms with Crippen LogP contribution in [0.5, 0.6) is 5.75 Å². The topological polar surface area (TPSA) is 74.3 Å². The number of guanidine groups is 1. The molecule has 0 spiro atoms. The molecule has 3 rings (SSSR count). The molecule has 7 heteroatoms. The minimum absolute atomic E-state index is 0. The minimum atomic E-state index is 0. The van der Waals surface area contributed by atoms with E-state index in [2.05, 4.69) is 50.7 Å². The number of aromatic nitrogens is 2. The van der Waals surface area contributed by atoms with Gasteiger partial charge in [-0.1, -0.05) is 24.3 Å². The molecule has 2 aromatic carbocycles. The number of imidazole rings is 1. The zero-order valence-electron chi connectivity index (χ0n) is 17.1. The molecular formula is C22H30IN5O. The second kappa shape index (κ2) is 12.3. The quantitative estimate of drug-likeness (QED) is 0.178. The standard InChI is InChI=1S/C22H29N5O.HI/c1-3-23-22(25-16-14-17-10-12-18(28-2)13-11-17)24-15-6-9-21-26-19-7-4-5-8-20(19)27-21;/h4-5,7-8,10-13H,3,6,9,14-16H2,1-2H3,(H,26,27)(H2,23,24,25);1H. The van der Waals surface area contributed by atoms with E-state index in [0.29, 0.717) is 0 Å². The number of aryl methyl sites for hydroxylation is 1. The Morgan fingerprint density at radius 1 is 1.07 bits per heavy atom. The Balaban J connectivity index is 0.00000300. The van der Waals surface area contributed by atoms with E-state index in [4.69, 9.17) is 4.74 Å². The van der Waals surface area contributed by atoms with E-state index in [-0.39, 0.29) is 24.0 Å². The highest BCUT2D eigenvalue weighted by Crippen LogP contribution is 2.12. The molecule has 0 aliphatic rings. The largest absolute Gasteiger partial charge is 0.497 e. The molecule has 0 fully saturated rings. The van der Waals surface area contributed by atoms with Gasteiger partial charge in [0.15, 0.2) is 5.96 Å². The van der Waals surface area contributed by atoms with Crippen molar-refractivity contribution in [2.45, 2.75) is 26.2 Å². The number of aromatic amines is 1. The maximum atomic E-state index is 5.20. The van der Waals surface area contributed by atoms with E-state index in [1.165, 1.54) is 5.56 Å². The summed E-state index contributed by atoms with van der Waals surface area (Å²) in [6.07, 6.45) is 2.78. The number of fused-ring (bicyclic) bond motifs is 1. The van der Waals surface area contributed by atoms with Crippen LogP contribution in [0.25, 0.3) is 11.0 Å². The number of aliphatic imine (C=N–C) groups is 1. The molecule has 0 atom stereocenters. The fraction of sp³-hybridized carbons (Fsp3) is 0.364. The van der Waals surface area contributed by atoms with Crippen LogP contribution in [0.1, 0.15) is 24.7 Å². The second-order valence-electron chi connectivity index (χ2n) is 6.59. The molecule has 1 aromatic heterocycles. The zero-order chi connectivity index (χ0) is 19.6. The summed E-state index contributed by atoms with van der Waals surface area (Å²) in [5, 5.41) is 6.70. The molecule has 0 aliphatic heterocycles. The number of H-pyrrole nitrogens is 1. The first-order valence-corrected chi connectivity index (χ1v) is 9.87. The molecular weight excluding hydrogens is 477 g/mol. The van der Waals surface area contributed by atoms with Crippen LogP contribution >= 0.6 is 24.0 Å². The van der Waals surface area contributed by atoms with Crippen LogP contribution in [0.15, 0.2) is 53.5 Å². The Labute approximate surface area is 189 Å². The molecule has 0 radical (unpaired) electrons. The molecule has 0 bridgehead atoms. The normalized spacial score (nSPS) is 11.2. The van der Waals surface area contributed by atoms with Crippen molar-refractivity contribution in [3.8, 4) is 5.75 Å². The van der Waals surface area contributed by atoms with E-state index in [0.717, 1.165) is 67.5 Å². The van der Waals surface area contributed by atoms with E-state index in [1.54, 1.807) is 7.11 Å². The lowest BCUT2D eigenvalue weighted by Gasteiger charge is -2.11. The van der Waals surface area contributed by atoms with Crippen molar-refractivity contribution in [1.82, 2.24) is 20.6 Å². The lowest BCUT2D eigenvalue weighted by Crippen LogP contribution is -2.38. The van der Waals surface area contributed by atoms with Gasteiger partial charge in [0.05, 0.1) is 18.1 Å². The van der Waals surface area contributed by atoms with Gasteiger partial charge in [-0.2, -0.15) is 0 Å². The first-order chi connectivity index (χ1) is 13.8. The number of hydrogen-bond acceptors (Lipinski definition) is 3. The van der Waals surface area contributed by atoms with Gasteiger partial charge in [-0.15, -0.1) is 24.0 Å². The Kier molecular flexibility index (Phi) is 9.76. The SMILES string of the molecule is CCNC(=NCCCc1nc2ccccc2[nH]1)NCCc1ccc(OC)cc1.I. The number of halogens is 1. The van der Waals surface area contributed by atoms with Crippen molar-refractivity contribution in [3.05, 3.63) is 59.9 Å². The van der Waals surface area contributed by atoms with Gasteiger partial charge in [0.2, 0.25) is 0 Å². The number of hydrogen-bond donors (Lipinski definition) is 3. The average Bonchev–Trinajstić information content (AvgIpc) is 3.14. The predicted molar refractivity (Wildman–Crippen MR) is 131 cm³/mol. The van der Waals surface area contributed by atoms with Gasteiger partial charge in [0.1, 0.15) is 11.6 Å². The smallest absolute Gasteiger partial charge is 0.191 e. The maximum Gasteiger partial charge on any atom is 0.191 e. The average molecular weight is 507 g/mol. The summed E-state index contributed by atoms with van der Waals surface area (Å²) < 4.78 is 5.20. The molecule has 1 heterocycles. The van der Waals surface area contributed by atoms with Crippen LogP contribution in [0, 0.1) is 0 Å². The van der Waals surface area contributed by atoms with Crippen molar-refractivity contribution in [1.29, 1.82) is 0 Å². The van der Waals surface area contributed by atoms with Crippen LogP contribution < -0.4 is 15.4 Å². The van der Waals surface area contributed by atoms with Gasteiger partial charge >= 0.3 is 0 Å². The van der Waals surface area contributed by atoms with E-state index < -0.39 is 0 Å². The van der Waals surface area contributed by atoms with Crippen LogP contribution in [0.3, 0.4) is 0 Å². The summed E-state index contributed by atoms with van der Waals surface area (Å²) in [6.45, 7) is 4.52. The number of nitrogens with one attached hydrogen (secondary N) is 3. The van der Waals surface area contributed by atoms with E-state index in [9.17, 15) is 0 Å². The summed E-state index contributed by atoms with van der Waals surface area (Å²) in [7, 11) is 1.68.